The van der Waals surface area contributed by atoms with Gasteiger partial charge in [-0.15, -0.1) is 0 Å². The molecule has 0 unspecified atom stereocenters. The molecule has 1 aromatic carbocycles. The number of likely N-dealkylation sites (tertiary alicyclic amines) is 2. The van der Waals surface area contributed by atoms with Crippen LogP contribution in [0.1, 0.15) is 38.5 Å². The molecule has 2 aromatic rings. The Kier molecular flexibility index (Phi) is 7.12. The lowest BCUT2D eigenvalue weighted by molar-refractivity contribution is 0.153. The van der Waals surface area contributed by atoms with E-state index in [0.29, 0.717) is 11.3 Å². The van der Waals surface area contributed by atoms with Gasteiger partial charge in [0, 0.05) is 38.3 Å². The third-order valence-corrected chi connectivity index (χ3v) is 6.25. The number of fused-ring (bicyclic) bond motifs is 1. The molecule has 7 nitrogen and oxygen atoms in total. The van der Waals surface area contributed by atoms with E-state index in [0.717, 1.165) is 44.4 Å². The monoisotopic (exact) mass is 415 g/mol. The summed E-state index contributed by atoms with van der Waals surface area (Å²) in [4.78, 5) is 17.4. The lowest BCUT2D eigenvalue weighted by Gasteiger charge is -2.33. The van der Waals surface area contributed by atoms with Gasteiger partial charge in [0.05, 0.1) is 12.5 Å². The Morgan fingerprint density at radius 1 is 1.07 bits per heavy atom. The maximum Gasteiger partial charge on any atom is 0.415 e. The molecule has 2 fully saturated rings. The first-order chi connectivity index (χ1) is 14.7. The van der Waals surface area contributed by atoms with Gasteiger partial charge in [0.15, 0.2) is 0 Å². The fourth-order valence-corrected chi connectivity index (χ4v) is 4.47. The van der Waals surface area contributed by atoms with Crippen LogP contribution in [0.3, 0.4) is 0 Å². The molecule has 2 aliphatic rings. The van der Waals surface area contributed by atoms with Crippen molar-refractivity contribution >= 4 is 17.1 Å². The van der Waals surface area contributed by atoms with E-state index in [4.69, 9.17) is 13.9 Å². The zero-order valence-corrected chi connectivity index (χ0v) is 17.9. The Morgan fingerprint density at radius 3 is 2.47 bits per heavy atom. The van der Waals surface area contributed by atoms with Gasteiger partial charge in [0.2, 0.25) is 0 Å². The Morgan fingerprint density at radius 2 is 1.77 bits per heavy atom. The summed E-state index contributed by atoms with van der Waals surface area (Å²) in [6, 6.07) is 7.35. The van der Waals surface area contributed by atoms with Crippen molar-refractivity contribution in [3.8, 4) is 11.7 Å². The standard InChI is InChI=1S/C23H33N3O4/c1-28-20-7-6-8-21-19(20)17-22(29-21)30-23(27)24-18-9-13-26(14-10-18)16-15-25-11-4-2-3-5-12-25/h6-8,17-18H,2-5,9-16H2,1H3,(H,24,27). The van der Waals surface area contributed by atoms with Crippen molar-refractivity contribution in [2.45, 2.75) is 44.6 Å². The van der Waals surface area contributed by atoms with E-state index in [1.54, 1.807) is 13.2 Å². The first-order valence-corrected chi connectivity index (χ1v) is 11.2. The van der Waals surface area contributed by atoms with Gasteiger partial charge in [-0.1, -0.05) is 18.9 Å². The largest absolute Gasteiger partial charge is 0.496 e. The minimum Gasteiger partial charge on any atom is -0.496 e. The topological polar surface area (TPSA) is 67.2 Å². The van der Waals surface area contributed by atoms with Gasteiger partial charge in [-0.25, -0.2) is 4.79 Å². The number of methoxy groups -OCH3 is 1. The number of piperidine rings is 1. The first kappa shape index (κ1) is 21.0. The van der Waals surface area contributed by atoms with Crippen LogP contribution in [0.2, 0.25) is 0 Å². The van der Waals surface area contributed by atoms with Gasteiger partial charge in [0.1, 0.15) is 11.3 Å². The van der Waals surface area contributed by atoms with E-state index in [1.807, 2.05) is 18.2 Å². The Hall–Kier alpha value is -2.25. The van der Waals surface area contributed by atoms with Crippen molar-refractivity contribution in [3.05, 3.63) is 24.3 Å². The number of nitrogens with one attached hydrogen (secondary N) is 1. The van der Waals surface area contributed by atoms with Gasteiger partial charge in [-0.05, 0) is 50.9 Å². The number of rotatable bonds is 6. The summed E-state index contributed by atoms with van der Waals surface area (Å²) in [5.41, 5.74) is 0.634. The second-order valence-corrected chi connectivity index (χ2v) is 8.34. The second kappa shape index (κ2) is 10.2. The molecule has 0 atom stereocenters. The highest BCUT2D eigenvalue weighted by Crippen LogP contribution is 2.32. The predicted molar refractivity (Wildman–Crippen MR) is 116 cm³/mol. The lowest BCUT2D eigenvalue weighted by Crippen LogP contribution is -2.47. The van der Waals surface area contributed by atoms with Crippen molar-refractivity contribution in [1.29, 1.82) is 0 Å². The summed E-state index contributed by atoms with van der Waals surface area (Å²) >= 11 is 0. The molecule has 1 aromatic heterocycles. The SMILES string of the molecule is COc1cccc2oc(OC(=O)NC3CCN(CCN4CCCCCC4)CC3)cc12. The van der Waals surface area contributed by atoms with Crippen LogP contribution in [0.4, 0.5) is 4.79 Å². The summed E-state index contributed by atoms with van der Waals surface area (Å²) in [6.07, 6.45) is 6.87. The molecule has 2 aliphatic heterocycles. The molecule has 3 heterocycles. The van der Waals surface area contributed by atoms with E-state index in [2.05, 4.69) is 15.1 Å². The zero-order chi connectivity index (χ0) is 20.8. The fourth-order valence-electron chi connectivity index (χ4n) is 4.47. The van der Waals surface area contributed by atoms with Crippen molar-refractivity contribution in [1.82, 2.24) is 15.1 Å². The third kappa shape index (κ3) is 5.46. The molecule has 0 bridgehead atoms. The maximum atomic E-state index is 12.3. The number of hydrogen-bond acceptors (Lipinski definition) is 6. The normalized spacial score (nSPS) is 19.5. The third-order valence-electron chi connectivity index (χ3n) is 6.25. The van der Waals surface area contributed by atoms with Crippen LogP contribution in [-0.2, 0) is 0 Å². The van der Waals surface area contributed by atoms with Crippen LogP contribution in [0, 0.1) is 0 Å². The summed E-state index contributed by atoms with van der Waals surface area (Å²) in [7, 11) is 1.61. The zero-order valence-electron chi connectivity index (χ0n) is 17.9. The van der Waals surface area contributed by atoms with Crippen LogP contribution in [0.5, 0.6) is 11.7 Å². The molecule has 0 radical (unpaired) electrons. The molecule has 0 aliphatic carbocycles. The van der Waals surface area contributed by atoms with Gasteiger partial charge in [-0.2, -0.15) is 0 Å². The average Bonchev–Trinajstić information content (AvgIpc) is 2.98. The van der Waals surface area contributed by atoms with E-state index in [1.165, 1.54) is 38.8 Å². The van der Waals surface area contributed by atoms with E-state index < -0.39 is 6.09 Å². The lowest BCUT2D eigenvalue weighted by atomic mass is 10.1. The Balaban J connectivity index is 1.20. The van der Waals surface area contributed by atoms with Crippen molar-refractivity contribution in [3.63, 3.8) is 0 Å². The maximum absolute atomic E-state index is 12.3. The smallest absolute Gasteiger partial charge is 0.415 e. The van der Waals surface area contributed by atoms with E-state index in [-0.39, 0.29) is 12.0 Å². The number of benzene rings is 1. The van der Waals surface area contributed by atoms with Crippen LogP contribution in [-0.4, -0.2) is 68.3 Å². The van der Waals surface area contributed by atoms with E-state index >= 15 is 0 Å². The van der Waals surface area contributed by atoms with Gasteiger partial charge in [-0.3, -0.25) is 0 Å². The van der Waals surface area contributed by atoms with Crippen LogP contribution < -0.4 is 14.8 Å². The highest BCUT2D eigenvalue weighted by atomic mass is 16.6. The van der Waals surface area contributed by atoms with Crippen molar-refractivity contribution in [2.24, 2.45) is 0 Å². The number of hydrogen-bond donors (Lipinski definition) is 1. The molecule has 7 heteroatoms. The van der Waals surface area contributed by atoms with Crippen LogP contribution >= 0.6 is 0 Å². The highest BCUT2D eigenvalue weighted by Gasteiger charge is 2.22. The minimum atomic E-state index is -0.462. The molecule has 1 N–H and O–H groups in total. The molecular weight excluding hydrogens is 382 g/mol. The van der Waals surface area contributed by atoms with Crippen LogP contribution in [0.25, 0.3) is 11.0 Å². The number of carbonyl (C=O) groups is 1. The molecule has 1 amide bonds. The number of nitrogens with zero attached hydrogens (tertiary/aromatic N) is 2. The first-order valence-electron chi connectivity index (χ1n) is 11.2. The number of furan rings is 1. The minimum absolute atomic E-state index is 0.144. The summed E-state index contributed by atoms with van der Waals surface area (Å²) in [5.74, 6) is 0.876. The average molecular weight is 416 g/mol. The van der Waals surface area contributed by atoms with E-state index in [9.17, 15) is 4.79 Å². The van der Waals surface area contributed by atoms with Crippen molar-refractivity contribution < 1.29 is 18.7 Å². The second-order valence-electron chi connectivity index (χ2n) is 8.34. The number of carbonyl (C=O) groups excluding carboxylic acids is 1. The van der Waals surface area contributed by atoms with Gasteiger partial charge < -0.3 is 29.0 Å². The molecule has 0 saturated carbocycles. The van der Waals surface area contributed by atoms with Gasteiger partial charge >= 0.3 is 6.09 Å². The quantitative estimate of drug-likeness (QED) is 0.773. The summed E-state index contributed by atoms with van der Waals surface area (Å²) in [6.45, 7) is 6.81. The highest BCUT2D eigenvalue weighted by molar-refractivity contribution is 5.86. The molecule has 164 valence electrons. The summed E-state index contributed by atoms with van der Waals surface area (Å²) < 4.78 is 16.3. The fraction of sp³-hybridized carbons (Fsp3) is 0.609. The summed E-state index contributed by atoms with van der Waals surface area (Å²) in [5, 5.41) is 3.78. The molecule has 2 saturated heterocycles. The van der Waals surface area contributed by atoms with Crippen LogP contribution in [0.15, 0.2) is 28.7 Å². The Bertz CT molecular complexity index is 821. The molecular formula is C23H33N3O4. The molecule has 30 heavy (non-hydrogen) atoms. The van der Waals surface area contributed by atoms with Gasteiger partial charge in [0.25, 0.3) is 5.95 Å². The van der Waals surface area contributed by atoms with Crippen molar-refractivity contribution in [2.75, 3.05) is 46.4 Å². The Labute approximate surface area is 178 Å². The number of amides is 1. The molecule has 0 spiro atoms. The molecule has 4 rings (SSSR count). The number of ether oxygens (including phenoxy) is 2. The predicted octanol–water partition coefficient (Wildman–Crippen LogP) is 3.87.